The van der Waals surface area contributed by atoms with Crippen molar-refractivity contribution in [2.45, 2.75) is 20.8 Å². The Labute approximate surface area is 80.8 Å². The SMILES string of the molecule is CC.COc1cccc([B]O)c1C. The van der Waals surface area contributed by atoms with Crippen molar-refractivity contribution in [2.24, 2.45) is 0 Å². The fraction of sp³-hybridized carbons (Fsp3) is 0.400. The minimum absolute atomic E-state index is 0.796. The first-order valence-corrected chi connectivity index (χ1v) is 4.40. The molecule has 1 N–H and O–H groups in total. The van der Waals surface area contributed by atoms with Crippen LogP contribution in [-0.2, 0) is 0 Å². The van der Waals surface area contributed by atoms with Gasteiger partial charge in [-0.15, -0.1) is 0 Å². The Kier molecular flexibility index (Phi) is 6.07. The Hall–Kier alpha value is -0.955. The van der Waals surface area contributed by atoms with Gasteiger partial charge in [-0.2, -0.15) is 0 Å². The highest BCUT2D eigenvalue weighted by molar-refractivity contribution is 6.46. The first-order valence-electron chi connectivity index (χ1n) is 4.40. The quantitative estimate of drug-likeness (QED) is 0.692. The topological polar surface area (TPSA) is 29.5 Å². The van der Waals surface area contributed by atoms with Gasteiger partial charge in [-0.05, 0) is 24.0 Å². The van der Waals surface area contributed by atoms with Crippen molar-refractivity contribution in [3.8, 4) is 5.75 Å². The van der Waals surface area contributed by atoms with Crippen LogP contribution in [0.15, 0.2) is 18.2 Å². The van der Waals surface area contributed by atoms with Gasteiger partial charge in [0.15, 0.2) is 0 Å². The second-order valence-corrected chi connectivity index (χ2v) is 2.30. The van der Waals surface area contributed by atoms with E-state index >= 15 is 0 Å². The van der Waals surface area contributed by atoms with E-state index in [9.17, 15) is 0 Å². The second-order valence-electron chi connectivity index (χ2n) is 2.30. The van der Waals surface area contributed by atoms with Crippen LogP contribution in [0.5, 0.6) is 5.75 Å². The smallest absolute Gasteiger partial charge is 0.327 e. The van der Waals surface area contributed by atoms with Gasteiger partial charge in [-0.25, -0.2) is 0 Å². The molecule has 13 heavy (non-hydrogen) atoms. The summed E-state index contributed by atoms with van der Waals surface area (Å²) >= 11 is 0. The first-order chi connectivity index (χ1) is 6.29. The highest BCUT2D eigenvalue weighted by atomic mass is 16.5. The molecule has 0 saturated carbocycles. The molecule has 1 rings (SSSR count). The highest BCUT2D eigenvalue weighted by Crippen LogP contribution is 2.12. The average Bonchev–Trinajstić information content (AvgIpc) is 2.21. The maximum atomic E-state index is 8.76. The molecular formula is C10H16BO2. The van der Waals surface area contributed by atoms with Gasteiger partial charge < -0.3 is 9.76 Å². The fourth-order valence-electron chi connectivity index (χ4n) is 0.992. The molecule has 71 valence electrons. The van der Waals surface area contributed by atoms with E-state index in [-0.39, 0.29) is 0 Å². The van der Waals surface area contributed by atoms with Crippen LogP contribution in [-0.4, -0.2) is 19.6 Å². The molecule has 0 saturated heterocycles. The second kappa shape index (κ2) is 6.55. The summed E-state index contributed by atoms with van der Waals surface area (Å²) in [6.07, 6.45) is 0. The number of methoxy groups -OCH3 is 1. The molecule has 0 aromatic heterocycles. The molecule has 3 heteroatoms. The third-order valence-corrected chi connectivity index (χ3v) is 1.68. The van der Waals surface area contributed by atoms with Gasteiger partial charge in [0, 0.05) is 0 Å². The average molecular weight is 179 g/mol. The van der Waals surface area contributed by atoms with Crippen molar-refractivity contribution in [2.75, 3.05) is 7.11 Å². The van der Waals surface area contributed by atoms with Crippen LogP contribution in [0.2, 0.25) is 0 Å². The molecule has 0 atom stereocenters. The molecule has 1 radical (unpaired) electrons. The fourth-order valence-corrected chi connectivity index (χ4v) is 0.992. The Balaban J connectivity index is 0.000000671. The van der Waals surface area contributed by atoms with Gasteiger partial charge in [0.05, 0.1) is 7.11 Å². The van der Waals surface area contributed by atoms with Crippen LogP contribution in [0, 0.1) is 6.92 Å². The van der Waals surface area contributed by atoms with Crippen molar-refractivity contribution in [1.29, 1.82) is 0 Å². The van der Waals surface area contributed by atoms with Gasteiger partial charge in [-0.1, -0.05) is 26.0 Å². The zero-order valence-electron chi connectivity index (χ0n) is 8.66. The third-order valence-electron chi connectivity index (χ3n) is 1.68. The summed E-state index contributed by atoms with van der Waals surface area (Å²) in [5.74, 6) is 0.799. The molecule has 0 aliphatic rings. The normalized spacial score (nSPS) is 8.38. The van der Waals surface area contributed by atoms with Gasteiger partial charge in [-0.3, -0.25) is 0 Å². The summed E-state index contributed by atoms with van der Waals surface area (Å²) in [4.78, 5) is 0. The summed E-state index contributed by atoms with van der Waals surface area (Å²) in [5, 5.41) is 8.76. The van der Waals surface area contributed by atoms with Crippen molar-refractivity contribution in [3.05, 3.63) is 23.8 Å². The van der Waals surface area contributed by atoms with E-state index in [4.69, 9.17) is 9.76 Å². The minimum atomic E-state index is 0.796. The minimum Gasteiger partial charge on any atom is -0.497 e. The number of rotatable bonds is 2. The summed E-state index contributed by atoms with van der Waals surface area (Å²) in [5.41, 5.74) is 1.75. The van der Waals surface area contributed by atoms with E-state index in [1.54, 1.807) is 7.11 Å². The maximum Gasteiger partial charge on any atom is 0.327 e. The van der Waals surface area contributed by atoms with E-state index in [2.05, 4.69) is 0 Å². The number of hydrogen-bond donors (Lipinski definition) is 1. The lowest BCUT2D eigenvalue weighted by molar-refractivity contribution is 0.412. The van der Waals surface area contributed by atoms with E-state index in [1.807, 2.05) is 39.0 Å². The molecule has 1 aromatic rings. The standard InChI is InChI=1S/C8H10BO2.C2H6/c1-6-7(9-10)4-3-5-8(6)11-2;1-2/h3-5,10H,1-2H3;1-2H3. The highest BCUT2D eigenvalue weighted by Gasteiger charge is 2.02. The molecule has 0 aliphatic carbocycles. The van der Waals surface area contributed by atoms with Crippen LogP contribution in [0.1, 0.15) is 19.4 Å². The third kappa shape index (κ3) is 3.11. The first kappa shape index (κ1) is 12.0. The molecule has 2 nitrogen and oxygen atoms in total. The van der Waals surface area contributed by atoms with Gasteiger partial charge in [0.25, 0.3) is 0 Å². The maximum absolute atomic E-state index is 8.76. The largest absolute Gasteiger partial charge is 0.497 e. The van der Waals surface area contributed by atoms with Crippen LogP contribution in [0.3, 0.4) is 0 Å². The van der Waals surface area contributed by atoms with E-state index in [0.717, 1.165) is 24.3 Å². The van der Waals surface area contributed by atoms with Crippen LogP contribution < -0.4 is 10.2 Å². The van der Waals surface area contributed by atoms with Gasteiger partial charge >= 0.3 is 7.48 Å². The molecule has 0 bridgehead atoms. The molecule has 0 fully saturated rings. The summed E-state index contributed by atoms with van der Waals surface area (Å²) < 4.78 is 5.06. The molecule has 0 unspecified atom stereocenters. The van der Waals surface area contributed by atoms with Crippen molar-refractivity contribution in [3.63, 3.8) is 0 Å². The van der Waals surface area contributed by atoms with Crippen molar-refractivity contribution in [1.82, 2.24) is 0 Å². The molecule has 0 aliphatic heterocycles. The Morgan fingerprint density at radius 2 is 1.92 bits per heavy atom. The lowest BCUT2D eigenvalue weighted by Crippen LogP contribution is -2.17. The van der Waals surface area contributed by atoms with E-state index in [0.29, 0.717) is 0 Å². The zero-order chi connectivity index (χ0) is 10.3. The zero-order valence-corrected chi connectivity index (χ0v) is 8.66. The lowest BCUT2D eigenvalue weighted by Gasteiger charge is -2.06. The van der Waals surface area contributed by atoms with Crippen molar-refractivity contribution < 1.29 is 9.76 Å². The van der Waals surface area contributed by atoms with Crippen LogP contribution in [0.25, 0.3) is 0 Å². The van der Waals surface area contributed by atoms with Crippen molar-refractivity contribution >= 4 is 12.9 Å². The Bertz CT molecular complexity index is 226. The molecule has 0 spiro atoms. The Morgan fingerprint density at radius 1 is 1.31 bits per heavy atom. The molecular weight excluding hydrogens is 163 g/mol. The summed E-state index contributed by atoms with van der Waals surface area (Å²) in [6.45, 7) is 5.90. The molecule has 1 aromatic carbocycles. The summed E-state index contributed by atoms with van der Waals surface area (Å²) in [7, 11) is 2.70. The van der Waals surface area contributed by atoms with E-state index < -0.39 is 0 Å². The number of benzene rings is 1. The summed E-state index contributed by atoms with van der Waals surface area (Å²) in [6, 6.07) is 5.54. The monoisotopic (exact) mass is 179 g/mol. The molecule has 0 heterocycles. The predicted molar refractivity (Wildman–Crippen MR) is 56.7 cm³/mol. The number of ether oxygens (including phenoxy) is 1. The lowest BCUT2D eigenvalue weighted by atomic mass is 9.85. The van der Waals surface area contributed by atoms with Crippen LogP contribution >= 0.6 is 0 Å². The van der Waals surface area contributed by atoms with Gasteiger partial charge in [0.1, 0.15) is 5.75 Å². The van der Waals surface area contributed by atoms with E-state index in [1.165, 1.54) is 0 Å². The molecule has 0 amide bonds. The van der Waals surface area contributed by atoms with Gasteiger partial charge in [0.2, 0.25) is 0 Å². The van der Waals surface area contributed by atoms with Crippen LogP contribution in [0.4, 0.5) is 0 Å². The predicted octanol–water partition coefficient (Wildman–Crippen LogP) is 1.27. The number of hydrogen-bond acceptors (Lipinski definition) is 2. The Morgan fingerprint density at radius 3 is 2.38 bits per heavy atom.